The number of sulfonamides is 1. The van der Waals surface area contributed by atoms with Gasteiger partial charge in [0.15, 0.2) is 0 Å². The molecule has 1 aliphatic heterocycles. The molecule has 2 aromatic carbocycles. The van der Waals surface area contributed by atoms with Crippen LogP contribution in [0.4, 0.5) is 11.4 Å². The summed E-state index contributed by atoms with van der Waals surface area (Å²) >= 11 is 0. The minimum absolute atomic E-state index is 0.0296. The SMILES string of the molecule is O=[N+]([O-])c1ccc(CN2CCN(S(=O)(=O)c3ccc([N+](=O)[O-])cc3)CC2)cc1. The first kappa shape index (κ1) is 19.9. The van der Waals surface area contributed by atoms with Crippen molar-refractivity contribution in [2.75, 3.05) is 26.2 Å². The molecule has 11 heteroatoms. The molecule has 3 rings (SSSR count). The van der Waals surface area contributed by atoms with Gasteiger partial charge in [0.05, 0.1) is 14.7 Å². The standard InChI is InChI=1S/C17H18N4O6S/c22-20(23)15-3-1-14(2-4-15)13-18-9-11-19(12-10-18)28(26,27)17-7-5-16(6-8-17)21(24)25/h1-8H,9-13H2. The van der Waals surface area contributed by atoms with Gasteiger partial charge in [-0.3, -0.25) is 25.1 Å². The summed E-state index contributed by atoms with van der Waals surface area (Å²) in [6.45, 7) is 2.20. The summed E-state index contributed by atoms with van der Waals surface area (Å²) < 4.78 is 26.8. The molecule has 0 bridgehead atoms. The van der Waals surface area contributed by atoms with E-state index in [-0.39, 0.29) is 16.3 Å². The first-order valence-electron chi connectivity index (χ1n) is 8.47. The maximum atomic E-state index is 12.7. The number of benzene rings is 2. The van der Waals surface area contributed by atoms with Gasteiger partial charge in [-0.15, -0.1) is 0 Å². The second-order valence-corrected chi connectivity index (χ2v) is 8.29. The number of hydrogen-bond donors (Lipinski definition) is 0. The Hall–Kier alpha value is -2.89. The Labute approximate surface area is 161 Å². The minimum atomic E-state index is -3.71. The average Bonchev–Trinajstić information content (AvgIpc) is 2.69. The summed E-state index contributed by atoms with van der Waals surface area (Å²) in [5, 5.41) is 21.4. The average molecular weight is 406 g/mol. The van der Waals surface area contributed by atoms with Crippen molar-refractivity contribution in [3.63, 3.8) is 0 Å². The van der Waals surface area contributed by atoms with Crippen LogP contribution in [0.5, 0.6) is 0 Å². The highest BCUT2D eigenvalue weighted by Gasteiger charge is 2.28. The van der Waals surface area contributed by atoms with Gasteiger partial charge in [0.25, 0.3) is 11.4 Å². The smallest absolute Gasteiger partial charge is 0.269 e. The normalized spacial score (nSPS) is 16.0. The number of nitro groups is 2. The van der Waals surface area contributed by atoms with E-state index in [4.69, 9.17) is 0 Å². The Bertz CT molecular complexity index is 968. The Morgan fingerprint density at radius 3 is 1.71 bits per heavy atom. The molecule has 0 atom stereocenters. The molecule has 148 valence electrons. The van der Waals surface area contributed by atoms with Gasteiger partial charge in [0, 0.05) is 57.0 Å². The quantitative estimate of drug-likeness (QED) is 0.530. The van der Waals surface area contributed by atoms with Crippen LogP contribution < -0.4 is 0 Å². The van der Waals surface area contributed by atoms with Crippen molar-refractivity contribution in [2.24, 2.45) is 0 Å². The van der Waals surface area contributed by atoms with Crippen LogP contribution >= 0.6 is 0 Å². The van der Waals surface area contributed by atoms with Gasteiger partial charge in [0.1, 0.15) is 0 Å². The fourth-order valence-corrected chi connectivity index (χ4v) is 4.42. The monoisotopic (exact) mass is 406 g/mol. The topological polar surface area (TPSA) is 127 Å². The van der Waals surface area contributed by atoms with Gasteiger partial charge in [-0.1, -0.05) is 12.1 Å². The lowest BCUT2D eigenvalue weighted by molar-refractivity contribution is -0.385. The van der Waals surface area contributed by atoms with Gasteiger partial charge < -0.3 is 0 Å². The number of non-ortho nitro benzene ring substituents is 2. The van der Waals surface area contributed by atoms with Crippen molar-refractivity contribution in [3.8, 4) is 0 Å². The molecule has 0 radical (unpaired) electrons. The molecule has 0 saturated carbocycles. The van der Waals surface area contributed by atoms with Crippen LogP contribution in [0.1, 0.15) is 5.56 Å². The van der Waals surface area contributed by atoms with Crippen molar-refractivity contribution in [1.82, 2.24) is 9.21 Å². The molecule has 0 amide bonds. The van der Waals surface area contributed by atoms with Gasteiger partial charge >= 0.3 is 0 Å². The lowest BCUT2D eigenvalue weighted by atomic mass is 10.2. The van der Waals surface area contributed by atoms with Crippen molar-refractivity contribution in [2.45, 2.75) is 11.4 Å². The number of hydrogen-bond acceptors (Lipinski definition) is 7. The molecule has 10 nitrogen and oxygen atoms in total. The van der Waals surface area contributed by atoms with E-state index in [1.807, 2.05) is 0 Å². The molecule has 1 heterocycles. The molecule has 0 aliphatic carbocycles. The highest BCUT2D eigenvalue weighted by Crippen LogP contribution is 2.21. The number of piperazine rings is 1. The summed E-state index contributed by atoms with van der Waals surface area (Å²) in [7, 11) is -3.71. The lowest BCUT2D eigenvalue weighted by Crippen LogP contribution is -2.48. The van der Waals surface area contributed by atoms with Gasteiger partial charge in [-0.25, -0.2) is 8.42 Å². The minimum Gasteiger partial charge on any atom is -0.296 e. The van der Waals surface area contributed by atoms with Crippen molar-refractivity contribution >= 4 is 21.4 Å². The van der Waals surface area contributed by atoms with Crippen molar-refractivity contribution in [3.05, 3.63) is 74.3 Å². The maximum absolute atomic E-state index is 12.7. The van der Waals surface area contributed by atoms with Crippen LogP contribution in [0.2, 0.25) is 0 Å². The van der Waals surface area contributed by atoms with Crippen LogP contribution in [0, 0.1) is 20.2 Å². The van der Waals surface area contributed by atoms with Crippen LogP contribution in [0.15, 0.2) is 53.4 Å². The Morgan fingerprint density at radius 1 is 0.786 bits per heavy atom. The second kappa shape index (κ2) is 8.00. The van der Waals surface area contributed by atoms with Gasteiger partial charge in [0.2, 0.25) is 10.0 Å². The summed E-state index contributed by atoms with van der Waals surface area (Å²) in [4.78, 5) is 22.5. The van der Waals surface area contributed by atoms with Crippen LogP contribution in [0.25, 0.3) is 0 Å². The van der Waals surface area contributed by atoms with E-state index in [2.05, 4.69) is 4.90 Å². The Balaban J connectivity index is 1.61. The molecular formula is C17H18N4O6S. The Morgan fingerprint density at radius 2 is 1.25 bits per heavy atom. The third-order valence-corrected chi connectivity index (χ3v) is 6.48. The molecule has 1 fully saturated rings. The predicted molar refractivity (Wildman–Crippen MR) is 100 cm³/mol. The zero-order valence-electron chi connectivity index (χ0n) is 14.8. The molecule has 2 aromatic rings. The van der Waals surface area contributed by atoms with Crippen molar-refractivity contribution in [1.29, 1.82) is 0 Å². The fourth-order valence-electron chi connectivity index (χ4n) is 3.00. The first-order valence-corrected chi connectivity index (χ1v) is 9.92. The highest BCUT2D eigenvalue weighted by atomic mass is 32.2. The molecule has 1 saturated heterocycles. The van der Waals surface area contributed by atoms with E-state index in [1.54, 1.807) is 12.1 Å². The van der Waals surface area contributed by atoms with Gasteiger partial charge in [-0.2, -0.15) is 4.31 Å². The molecule has 0 aromatic heterocycles. The van der Waals surface area contributed by atoms with E-state index in [1.165, 1.54) is 40.7 Å². The number of nitrogens with zero attached hydrogens (tertiary/aromatic N) is 4. The number of nitro benzene ring substituents is 2. The lowest BCUT2D eigenvalue weighted by Gasteiger charge is -2.34. The summed E-state index contributed by atoms with van der Waals surface area (Å²) in [6.07, 6.45) is 0. The van der Waals surface area contributed by atoms with Gasteiger partial charge in [-0.05, 0) is 17.7 Å². The first-order chi connectivity index (χ1) is 13.3. The van der Waals surface area contributed by atoms with E-state index >= 15 is 0 Å². The summed E-state index contributed by atoms with van der Waals surface area (Å²) in [5.41, 5.74) is 0.784. The molecule has 1 aliphatic rings. The van der Waals surface area contributed by atoms with E-state index in [0.717, 1.165) is 5.56 Å². The van der Waals surface area contributed by atoms with Crippen molar-refractivity contribution < 1.29 is 18.3 Å². The van der Waals surface area contributed by atoms with E-state index in [0.29, 0.717) is 32.7 Å². The zero-order valence-corrected chi connectivity index (χ0v) is 15.6. The fraction of sp³-hybridized carbons (Fsp3) is 0.294. The van der Waals surface area contributed by atoms with E-state index < -0.39 is 19.9 Å². The van der Waals surface area contributed by atoms with Crippen LogP contribution in [-0.2, 0) is 16.6 Å². The highest BCUT2D eigenvalue weighted by molar-refractivity contribution is 7.89. The summed E-state index contributed by atoms with van der Waals surface area (Å²) in [6, 6.07) is 11.1. The third kappa shape index (κ3) is 4.32. The molecule has 0 N–H and O–H groups in total. The summed E-state index contributed by atoms with van der Waals surface area (Å²) in [5.74, 6) is 0. The van der Waals surface area contributed by atoms with Crippen LogP contribution in [0.3, 0.4) is 0 Å². The third-order valence-electron chi connectivity index (χ3n) is 4.57. The largest absolute Gasteiger partial charge is 0.296 e. The van der Waals surface area contributed by atoms with Crippen LogP contribution in [-0.4, -0.2) is 53.6 Å². The second-order valence-electron chi connectivity index (χ2n) is 6.35. The zero-order chi connectivity index (χ0) is 20.3. The molecular weight excluding hydrogens is 388 g/mol. The predicted octanol–water partition coefficient (Wildman–Crippen LogP) is 2.01. The molecule has 0 unspecified atom stereocenters. The Kier molecular flexibility index (Phi) is 5.68. The molecule has 0 spiro atoms. The molecule has 28 heavy (non-hydrogen) atoms. The number of rotatable bonds is 6. The van der Waals surface area contributed by atoms with E-state index in [9.17, 15) is 28.6 Å². The maximum Gasteiger partial charge on any atom is 0.269 e.